The second-order valence-electron chi connectivity index (χ2n) is 7.34. The Morgan fingerprint density at radius 2 is 1.15 bits per heavy atom. The third-order valence-corrected chi connectivity index (χ3v) is 10.2. The van der Waals surface area contributed by atoms with E-state index < -0.39 is 31.3 Å². The summed E-state index contributed by atoms with van der Waals surface area (Å²) < 4.78 is 56.9. The summed E-state index contributed by atoms with van der Waals surface area (Å²) in [7, 11) is -7.50. The van der Waals surface area contributed by atoms with Crippen molar-refractivity contribution in [2.24, 2.45) is 0 Å². The number of alkyl halides is 2. The van der Waals surface area contributed by atoms with E-state index in [9.17, 15) is 22.0 Å². The SMILES string of the molecule is O=C(NCCCCS(c1ccccc1)(c1ccccc1)c1ccccc1)C(F)(F)S(=O)(=O)O. The summed E-state index contributed by atoms with van der Waals surface area (Å²) in [6.07, 6.45) is 0.945. The van der Waals surface area contributed by atoms with Crippen molar-refractivity contribution in [1.82, 2.24) is 5.32 Å². The lowest BCUT2D eigenvalue weighted by Gasteiger charge is -2.42. The van der Waals surface area contributed by atoms with Crippen molar-refractivity contribution >= 4 is 26.1 Å². The van der Waals surface area contributed by atoms with Crippen molar-refractivity contribution in [3.63, 3.8) is 0 Å². The first-order valence-electron chi connectivity index (χ1n) is 10.3. The smallest absolute Gasteiger partial charge is 0.350 e. The van der Waals surface area contributed by atoms with Gasteiger partial charge >= 0.3 is 21.3 Å². The first-order valence-corrected chi connectivity index (χ1v) is 13.5. The molecule has 0 radical (unpaired) electrons. The molecule has 0 heterocycles. The monoisotopic (exact) mass is 493 g/mol. The van der Waals surface area contributed by atoms with Crippen LogP contribution in [0.25, 0.3) is 0 Å². The van der Waals surface area contributed by atoms with E-state index in [4.69, 9.17) is 4.55 Å². The molecule has 0 aromatic heterocycles. The maximum Gasteiger partial charge on any atom is 0.446 e. The van der Waals surface area contributed by atoms with Crippen LogP contribution in [0.1, 0.15) is 12.8 Å². The van der Waals surface area contributed by atoms with Crippen molar-refractivity contribution in [2.45, 2.75) is 32.8 Å². The quantitative estimate of drug-likeness (QED) is 0.295. The number of rotatable bonds is 10. The molecule has 176 valence electrons. The van der Waals surface area contributed by atoms with Gasteiger partial charge < -0.3 is 5.32 Å². The van der Waals surface area contributed by atoms with Gasteiger partial charge in [0.15, 0.2) is 0 Å². The minimum atomic E-state index is -5.82. The zero-order valence-electron chi connectivity index (χ0n) is 17.7. The molecule has 2 N–H and O–H groups in total. The minimum absolute atomic E-state index is 0.141. The number of hydrogen-bond donors (Lipinski definition) is 2. The van der Waals surface area contributed by atoms with Crippen molar-refractivity contribution in [3.8, 4) is 0 Å². The van der Waals surface area contributed by atoms with Gasteiger partial charge in [-0.1, -0.05) is 54.6 Å². The molecular formula is C24H25F2NO4S2. The molecule has 0 unspecified atom stereocenters. The summed E-state index contributed by atoms with van der Waals surface area (Å²) in [4.78, 5) is 15.0. The highest BCUT2D eigenvalue weighted by molar-refractivity contribution is 8.33. The van der Waals surface area contributed by atoms with Crippen LogP contribution in [0.3, 0.4) is 0 Å². The van der Waals surface area contributed by atoms with Gasteiger partial charge in [0.2, 0.25) is 0 Å². The molecule has 0 spiro atoms. The second-order valence-corrected chi connectivity index (χ2v) is 12.1. The second kappa shape index (κ2) is 10.5. The summed E-state index contributed by atoms with van der Waals surface area (Å²) in [5.41, 5.74) is 0. The number of hydrogen-bond acceptors (Lipinski definition) is 3. The summed E-state index contributed by atoms with van der Waals surface area (Å²) >= 11 is 0. The molecule has 33 heavy (non-hydrogen) atoms. The fraction of sp³-hybridized carbons (Fsp3) is 0.208. The fourth-order valence-electron chi connectivity index (χ4n) is 3.59. The zero-order valence-corrected chi connectivity index (χ0v) is 19.4. The normalized spacial score (nSPS) is 12.8. The van der Waals surface area contributed by atoms with Gasteiger partial charge in [-0.05, 0) is 69.7 Å². The Hall–Kier alpha value is -2.75. The zero-order chi connectivity index (χ0) is 24.0. The van der Waals surface area contributed by atoms with Gasteiger partial charge in [0.05, 0.1) is 0 Å². The Morgan fingerprint density at radius 3 is 1.52 bits per heavy atom. The van der Waals surface area contributed by atoms with Crippen molar-refractivity contribution in [1.29, 1.82) is 0 Å². The van der Waals surface area contributed by atoms with E-state index >= 15 is 0 Å². The molecule has 0 saturated heterocycles. The van der Waals surface area contributed by atoms with Crippen LogP contribution in [0.4, 0.5) is 8.78 Å². The standard InChI is InChI=1S/C24H25F2NO4S2/c25-24(26,33(29,30)31)23(28)27-18-10-11-19-32(20-12-4-1-5-13-20,21-14-6-2-7-15-21)22-16-8-3-9-17-22/h1-9,12-17H,10-11,18-19H2,(H,27,28)(H,29,30,31). The number of nitrogens with one attached hydrogen (secondary N) is 1. The van der Waals surface area contributed by atoms with Crippen molar-refractivity contribution < 1.29 is 26.5 Å². The van der Waals surface area contributed by atoms with E-state index in [2.05, 4.69) is 36.4 Å². The highest BCUT2D eigenvalue weighted by Crippen LogP contribution is 2.68. The number of halogens is 2. The molecule has 3 rings (SSSR count). The molecule has 0 aliphatic rings. The van der Waals surface area contributed by atoms with Gasteiger partial charge in [-0.15, -0.1) is 0 Å². The largest absolute Gasteiger partial charge is 0.446 e. The highest BCUT2D eigenvalue weighted by Gasteiger charge is 2.52. The summed E-state index contributed by atoms with van der Waals surface area (Å²) in [5.74, 6) is -1.33. The maximum atomic E-state index is 13.4. The molecule has 3 aromatic rings. The molecule has 0 fully saturated rings. The van der Waals surface area contributed by atoms with E-state index in [0.717, 1.165) is 14.7 Å². The fourth-order valence-corrected chi connectivity index (χ4v) is 7.92. The van der Waals surface area contributed by atoms with Crippen LogP contribution >= 0.6 is 10.0 Å². The lowest BCUT2D eigenvalue weighted by molar-refractivity contribution is -0.136. The van der Waals surface area contributed by atoms with Crippen molar-refractivity contribution in [2.75, 3.05) is 12.3 Å². The van der Waals surface area contributed by atoms with Crippen molar-refractivity contribution in [3.05, 3.63) is 91.0 Å². The first-order chi connectivity index (χ1) is 15.7. The number of amides is 1. The lowest BCUT2D eigenvalue weighted by Crippen LogP contribution is -2.45. The average molecular weight is 494 g/mol. The van der Waals surface area contributed by atoms with Crippen LogP contribution in [0.2, 0.25) is 0 Å². The van der Waals surface area contributed by atoms with Gasteiger partial charge in [0.25, 0.3) is 0 Å². The number of carbonyl (C=O) groups is 1. The Bertz CT molecular complexity index is 1060. The van der Waals surface area contributed by atoms with Crippen LogP contribution in [0.5, 0.6) is 0 Å². The van der Waals surface area contributed by atoms with Gasteiger partial charge in [-0.25, -0.2) is 0 Å². The van der Waals surface area contributed by atoms with E-state index in [1.165, 1.54) is 0 Å². The highest BCUT2D eigenvalue weighted by atomic mass is 32.3. The van der Waals surface area contributed by atoms with E-state index in [0.29, 0.717) is 18.6 Å². The summed E-state index contributed by atoms with van der Waals surface area (Å²) in [6, 6.07) is 30.3. The average Bonchev–Trinajstić information content (AvgIpc) is 2.82. The third-order valence-electron chi connectivity index (χ3n) is 5.19. The van der Waals surface area contributed by atoms with Crippen LogP contribution in [-0.4, -0.2) is 36.4 Å². The molecule has 1 amide bonds. The third kappa shape index (κ3) is 5.43. The van der Waals surface area contributed by atoms with Crippen LogP contribution in [0.15, 0.2) is 106 Å². The predicted octanol–water partition coefficient (Wildman–Crippen LogP) is 5.35. The molecule has 0 aliphatic heterocycles. The van der Waals surface area contributed by atoms with Gasteiger partial charge in [-0.3, -0.25) is 9.35 Å². The summed E-state index contributed by atoms with van der Waals surface area (Å²) in [5, 5.41) is -2.96. The Morgan fingerprint density at radius 1 is 0.758 bits per heavy atom. The van der Waals surface area contributed by atoms with Gasteiger partial charge in [0, 0.05) is 6.54 Å². The molecule has 0 atom stereocenters. The van der Waals surface area contributed by atoms with Gasteiger partial charge in [0.1, 0.15) is 0 Å². The maximum absolute atomic E-state index is 13.4. The number of carbonyl (C=O) groups excluding carboxylic acids is 1. The molecule has 0 aliphatic carbocycles. The predicted molar refractivity (Wildman–Crippen MR) is 125 cm³/mol. The lowest BCUT2D eigenvalue weighted by atomic mass is 10.3. The Kier molecular flexibility index (Phi) is 7.88. The van der Waals surface area contributed by atoms with Crippen LogP contribution in [-0.2, 0) is 14.9 Å². The molecule has 0 saturated carbocycles. The molecule has 0 bridgehead atoms. The molecule has 3 aromatic carbocycles. The Labute approximate surface area is 193 Å². The van der Waals surface area contributed by atoms with Gasteiger partial charge in [-0.2, -0.15) is 27.2 Å². The minimum Gasteiger partial charge on any atom is -0.350 e. The summed E-state index contributed by atoms with van der Waals surface area (Å²) in [6.45, 7) is -0.141. The van der Waals surface area contributed by atoms with Crippen LogP contribution < -0.4 is 5.32 Å². The first kappa shape index (κ1) is 24.9. The van der Waals surface area contributed by atoms with Crippen LogP contribution in [0, 0.1) is 0 Å². The molecule has 5 nitrogen and oxygen atoms in total. The van der Waals surface area contributed by atoms with E-state index in [-0.39, 0.29) is 6.54 Å². The van der Waals surface area contributed by atoms with E-state index in [1.807, 2.05) is 59.9 Å². The Balaban J connectivity index is 1.84. The van der Waals surface area contributed by atoms with E-state index in [1.54, 1.807) is 0 Å². The number of unbranched alkanes of at least 4 members (excludes halogenated alkanes) is 1. The topological polar surface area (TPSA) is 83.5 Å². The molecule has 9 heteroatoms. The molecular weight excluding hydrogens is 468 g/mol. The number of benzene rings is 3.